The number of hydrogen-bond donors (Lipinski definition) is 1. The molecule has 16 heavy (non-hydrogen) atoms. The van der Waals surface area contributed by atoms with Gasteiger partial charge in [-0.25, -0.2) is 0 Å². The molecule has 88 valence electrons. The Morgan fingerprint density at radius 3 is 2.56 bits per heavy atom. The molecule has 0 saturated heterocycles. The summed E-state index contributed by atoms with van der Waals surface area (Å²) in [6.45, 7) is 2.34. The molecule has 0 bridgehead atoms. The van der Waals surface area contributed by atoms with Crippen molar-refractivity contribution in [2.45, 2.75) is 20.0 Å². The summed E-state index contributed by atoms with van der Waals surface area (Å²) in [4.78, 5) is 21.8. The summed E-state index contributed by atoms with van der Waals surface area (Å²) in [6.07, 6.45) is 4.15. The number of carbonyl (C=O) groups excluding carboxylic acids is 2. The monoisotopic (exact) mass is 226 g/mol. The molecule has 1 unspecified atom stereocenters. The molecule has 1 aliphatic rings. The SMILES string of the molecule is CC(=O)OC1=CC=CC(CO)[C@@H]1OC(C)=O. The fourth-order valence-corrected chi connectivity index (χ4v) is 1.44. The van der Waals surface area contributed by atoms with Crippen molar-refractivity contribution in [3.8, 4) is 0 Å². The van der Waals surface area contributed by atoms with Crippen LogP contribution in [-0.2, 0) is 19.1 Å². The van der Waals surface area contributed by atoms with Crippen molar-refractivity contribution >= 4 is 11.9 Å². The highest BCUT2D eigenvalue weighted by Gasteiger charge is 2.29. The van der Waals surface area contributed by atoms with Gasteiger partial charge in [-0.05, 0) is 6.08 Å². The van der Waals surface area contributed by atoms with Gasteiger partial charge in [0.05, 0.1) is 6.61 Å². The minimum absolute atomic E-state index is 0.187. The molecule has 2 atom stereocenters. The molecule has 0 fully saturated rings. The normalized spacial score (nSPS) is 23.6. The van der Waals surface area contributed by atoms with E-state index in [1.165, 1.54) is 13.8 Å². The summed E-state index contributed by atoms with van der Waals surface area (Å²) in [6, 6.07) is 0. The van der Waals surface area contributed by atoms with E-state index >= 15 is 0 Å². The Bertz CT molecular complexity index is 342. The smallest absolute Gasteiger partial charge is 0.307 e. The maximum absolute atomic E-state index is 10.9. The third kappa shape index (κ3) is 3.20. The van der Waals surface area contributed by atoms with Gasteiger partial charge in [-0.3, -0.25) is 9.59 Å². The Hall–Kier alpha value is -1.62. The van der Waals surface area contributed by atoms with Gasteiger partial charge in [0.2, 0.25) is 0 Å². The topological polar surface area (TPSA) is 72.8 Å². The van der Waals surface area contributed by atoms with Crippen LogP contribution in [0.5, 0.6) is 0 Å². The van der Waals surface area contributed by atoms with Crippen LogP contribution in [-0.4, -0.2) is 29.8 Å². The number of aliphatic hydroxyl groups is 1. The summed E-state index contributed by atoms with van der Waals surface area (Å²) in [5.41, 5.74) is 0. The quantitative estimate of drug-likeness (QED) is 0.711. The van der Waals surface area contributed by atoms with Gasteiger partial charge in [0.25, 0.3) is 0 Å². The standard InChI is InChI=1S/C11H14O5/c1-7(13)15-10-5-3-4-9(6-12)11(10)16-8(2)14/h3-5,9,11-12H,6H2,1-2H3/t9?,11-/m0/s1. The molecule has 1 rings (SSSR count). The van der Waals surface area contributed by atoms with E-state index in [9.17, 15) is 9.59 Å². The second-order valence-electron chi connectivity index (χ2n) is 3.42. The van der Waals surface area contributed by atoms with Crippen molar-refractivity contribution in [3.05, 3.63) is 24.0 Å². The minimum atomic E-state index is -0.739. The fourth-order valence-electron chi connectivity index (χ4n) is 1.44. The van der Waals surface area contributed by atoms with Crippen LogP contribution in [0.25, 0.3) is 0 Å². The van der Waals surface area contributed by atoms with Crippen molar-refractivity contribution < 1.29 is 24.2 Å². The van der Waals surface area contributed by atoms with Gasteiger partial charge in [-0.15, -0.1) is 0 Å². The molecule has 0 aromatic heterocycles. The average Bonchev–Trinajstić information content (AvgIpc) is 2.19. The van der Waals surface area contributed by atoms with E-state index in [1.54, 1.807) is 18.2 Å². The molecule has 0 aliphatic heterocycles. The third-order valence-corrected chi connectivity index (χ3v) is 2.05. The predicted octanol–water partition coefficient (Wildman–Crippen LogP) is 0.543. The number of carbonyl (C=O) groups is 2. The van der Waals surface area contributed by atoms with E-state index in [4.69, 9.17) is 14.6 Å². The van der Waals surface area contributed by atoms with E-state index in [0.29, 0.717) is 0 Å². The number of rotatable bonds is 3. The summed E-state index contributed by atoms with van der Waals surface area (Å²) < 4.78 is 9.93. The number of esters is 2. The van der Waals surface area contributed by atoms with E-state index in [2.05, 4.69) is 0 Å². The average molecular weight is 226 g/mol. The van der Waals surface area contributed by atoms with E-state index in [0.717, 1.165) is 0 Å². The van der Waals surface area contributed by atoms with Crippen molar-refractivity contribution in [1.82, 2.24) is 0 Å². The molecular formula is C11H14O5. The molecule has 1 N–H and O–H groups in total. The largest absolute Gasteiger partial charge is 0.454 e. The van der Waals surface area contributed by atoms with E-state index in [1.807, 2.05) is 0 Å². The van der Waals surface area contributed by atoms with Crippen molar-refractivity contribution in [2.75, 3.05) is 6.61 Å². The molecule has 0 saturated carbocycles. The highest BCUT2D eigenvalue weighted by Crippen LogP contribution is 2.23. The highest BCUT2D eigenvalue weighted by atomic mass is 16.6. The van der Waals surface area contributed by atoms with Gasteiger partial charge < -0.3 is 14.6 Å². The lowest BCUT2D eigenvalue weighted by Gasteiger charge is -2.26. The minimum Gasteiger partial charge on any atom is -0.454 e. The number of ether oxygens (including phenoxy) is 2. The molecule has 0 aromatic carbocycles. The molecule has 0 radical (unpaired) electrons. The first kappa shape index (κ1) is 12.4. The van der Waals surface area contributed by atoms with Crippen LogP contribution in [0.15, 0.2) is 24.0 Å². The summed E-state index contributed by atoms with van der Waals surface area (Å²) in [5.74, 6) is -1.13. The van der Waals surface area contributed by atoms with Crippen LogP contribution in [0.1, 0.15) is 13.8 Å². The fraction of sp³-hybridized carbons (Fsp3) is 0.455. The zero-order valence-electron chi connectivity index (χ0n) is 9.17. The Morgan fingerprint density at radius 1 is 1.38 bits per heavy atom. The van der Waals surface area contributed by atoms with E-state index in [-0.39, 0.29) is 18.3 Å². The second-order valence-corrected chi connectivity index (χ2v) is 3.42. The second kappa shape index (κ2) is 5.46. The Balaban J connectivity index is 2.84. The number of hydrogen-bond acceptors (Lipinski definition) is 5. The van der Waals surface area contributed by atoms with Gasteiger partial charge in [0.1, 0.15) is 5.76 Å². The van der Waals surface area contributed by atoms with Crippen molar-refractivity contribution in [3.63, 3.8) is 0 Å². The van der Waals surface area contributed by atoms with Crippen molar-refractivity contribution in [1.29, 1.82) is 0 Å². The van der Waals surface area contributed by atoms with E-state index < -0.39 is 18.0 Å². The Labute approximate surface area is 93.3 Å². The molecule has 5 nitrogen and oxygen atoms in total. The summed E-state index contributed by atoms with van der Waals surface area (Å²) in [7, 11) is 0. The van der Waals surface area contributed by atoms with Gasteiger partial charge in [0, 0.05) is 19.8 Å². The van der Waals surface area contributed by atoms with Crippen LogP contribution >= 0.6 is 0 Å². The third-order valence-electron chi connectivity index (χ3n) is 2.05. The van der Waals surface area contributed by atoms with Crippen LogP contribution in [0.4, 0.5) is 0 Å². The van der Waals surface area contributed by atoms with Crippen LogP contribution in [0, 0.1) is 5.92 Å². The van der Waals surface area contributed by atoms with Crippen LogP contribution in [0.3, 0.4) is 0 Å². The lowest BCUT2D eigenvalue weighted by molar-refractivity contribution is -0.153. The maximum Gasteiger partial charge on any atom is 0.307 e. The van der Waals surface area contributed by atoms with Crippen LogP contribution < -0.4 is 0 Å². The number of aliphatic hydroxyl groups excluding tert-OH is 1. The molecular weight excluding hydrogens is 212 g/mol. The molecule has 0 spiro atoms. The lowest BCUT2D eigenvalue weighted by Crippen LogP contribution is -2.32. The summed E-state index contributed by atoms with van der Waals surface area (Å²) in [5, 5.41) is 9.12. The predicted molar refractivity (Wildman–Crippen MR) is 55.1 cm³/mol. The zero-order valence-corrected chi connectivity index (χ0v) is 9.17. The van der Waals surface area contributed by atoms with Crippen LogP contribution in [0.2, 0.25) is 0 Å². The molecule has 0 aromatic rings. The Morgan fingerprint density at radius 2 is 2.06 bits per heavy atom. The maximum atomic E-state index is 10.9. The van der Waals surface area contributed by atoms with Gasteiger partial charge in [0.15, 0.2) is 6.10 Å². The molecule has 0 heterocycles. The Kier molecular flexibility index (Phi) is 4.25. The molecule has 1 aliphatic carbocycles. The first-order valence-electron chi connectivity index (χ1n) is 4.89. The van der Waals surface area contributed by atoms with Gasteiger partial charge in [-0.1, -0.05) is 12.2 Å². The summed E-state index contributed by atoms with van der Waals surface area (Å²) >= 11 is 0. The molecule has 0 amide bonds. The number of allylic oxidation sites excluding steroid dienone is 2. The highest BCUT2D eigenvalue weighted by molar-refractivity contribution is 5.69. The lowest BCUT2D eigenvalue weighted by atomic mass is 9.96. The van der Waals surface area contributed by atoms with Crippen molar-refractivity contribution in [2.24, 2.45) is 5.92 Å². The van der Waals surface area contributed by atoms with Gasteiger partial charge in [-0.2, -0.15) is 0 Å². The molecule has 5 heteroatoms. The zero-order chi connectivity index (χ0) is 12.1. The first-order valence-corrected chi connectivity index (χ1v) is 4.89. The van der Waals surface area contributed by atoms with Gasteiger partial charge >= 0.3 is 11.9 Å². The first-order chi connectivity index (χ1) is 7.54.